The fourth-order valence-electron chi connectivity index (χ4n) is 3.71. The highest BCUT2D eigenvalue weighted by atomic mass is 16.5. The summed E-state index contributed by atoms with van der Waals surface area (Å²) in [6.07, 6.45) is 2.70. The molecule has 0 aliphatic heterocycles. The van der Waals surface area contributed by atoms with Gasteiger partial charge in [0.15, 0.2) is 0 Å². The zero-order chi connectivity index (χ0) is 16.6. The number of nitrogens with two attached hydrogens (primary N) is 1. The lowest BCUT2D eigenvalue weighted by atomic mass is 9.78. The number of ether oxygens (including phenoxy) is 1. The summed E-state index contributed by atoms with van der Waals surface area (Å²) >= 11 is 0. The quantitative estimate of drug-likeness (QED) is 0.906. The molecule has 2 aliphatic carbocycles. The van der Waals surface area contributed by atoms with Gasteiger partial charge in [0.2, 0.25) is 0 Å². The van der Waals surface area contributed by atoms with Gasteiger partial charge < -0.3 is 15.8 Å². The lowest BCUT2D eigenvalue weighted by Gasteiger charge is -2.37. The smallest absolute Gasteiger partial charge is 0.407 e. The second-order valence-corrected chi connectivity index (χ2v) is 6.90. The first-order valence-corrected chi connectivity index (χ1v) is 8.54. The Bertz CT molecular complexity index is 722. The molecule has 4 nitrogen and oxygen atoms in total. The average molecular weight is 322 g/mol. The van der Waals surface area contributed by atoms with Crippen LogP contribution in [0.25, 0.3) is 11.1 Å². The first-order chi connectivity index (χ1) is 11.7. The molecule has 4 rings (SSSR count). The molecule has 4 heteroatoms. The van der Waals surface area contributed by atoms with E-state index in [1.807, 2.05) is 24.3 Å². The summed E-state index contributed by atoms with van der Waals surface area (Å²) in [4.78, 5) is 12.0. The minimum Gasteiger partial charge on any atom is -0.449 e. The average Bonchev–Trinajstić information content (AvgIpc) is 2.90. The summed E-state index contributed by atoms with van der Waals surface area (Å²) in [6, 6.07) is 16.6. The molecule has 0 radical (unpaired) electrons. The summed E-state index contributed by atoms with van der Waals surface area (Å²) in [5, 5.41) is 2.81. The van der Waals surface area contributed by atoms with Gasteiger partial charge in [-0.15, -0.1) is 0 Å². The van der Waals surface area contributed by atoms with Crippen LogP contribution in [0.4, 0.5) is 4.79 Å². The predicted octanol–water partition coefficient (Wildman–Crippen LogP) is 3.41. The molecule has 3 N–H and O–H groups in total. The Labute approximate surface area is 142 Å². The lowest BCUT2D eigenvalue weighted by Crippen LogP contribution is -2.55. The van der Waals surface area contributed by atoms with Crippen LogP contribution in [0, 0.1) is 0 Å². The normalized spacial score (nSPS) is 17.5. The van der Waals surface area contributed by atoms with Crippen molar-refractivity contribution in [3.63, 3.8) is 0 Å². The Balaban J connectivity index is 1.44. The molecule has 0 spiro atoms. The molecular weight excluding hydrogens is 300 g/mol. The zero-order valence-corrected chi connectivity index (χ0v) is 13.6. The first kappa shape index (κ1) is 15.2. The second-order valence-electron chi connectivity index (χ2n) is 6.90. The maximum absolute atomic E-state index is 12.0. The van der Waals surface area contributed by atoms with Gasteiger partial charge in [-0.3, -0.25) is 0 Å². The number of carbonyl (C=O) groups excluding carboxylic acids is 1. The van der Waals surface area contributed by atoms with Crippen LogP contribution in [0.15, 0.2) is 48.5 Å². The minimum atomic E-state index is -0.381. The zero-order valence-electron chi connectivity index (χ0n) is 13.6. The van der Waals surface area contributed by atoms with Gasteiger partial charge in [0.1, 0.15) is 6.61 Å². The highest BCUT2D eigenvalue weighted by Gasteiger charge is 2.33. The van der Waals surface area contributed by atoms with Gasteiger partial charge in [-0.1, -0.05) is 48.5 Å². The largest absolute Gasteiger partial charge is 0.449 e. The van der Waals surface area contributed by atoms with Gasteiger partial charge in [-0.25, -0.2) is 4.79 Å². The molecule has 0 saturated heterocycles. The number of alkyl carbamates (subject to hydrolysis) is 1. The number of carbonyl (C=O) groups is 1. The van der Waals surface area contributed by atoms with Gasteiger partial charge in [-0.05, 0) is 41.5 Å². The van der Waals surface area contributed by atoms with E-state index in [-0.39, 0.29) is 17.6 Å². The molecule has 2 aromatic rings. The number of benzene rings is 2. The van der Waals surface area contributed by atoms with Gasteiger partial charge in [0.25, 0.3) is 0 Å². The Kier molecular flexibility index (Phi) is 3.77. The Morgan fingerprint density at radius 2 is 1.67 bits per heavy atom. The monoisotopic (exact) mass is 322 g/mol. The summed E-state index contributed by atoms with van der Waals surface area (Å²) in [6.45, 7) is 0.834. The van der Waals surface area contributed by atoms with E-state index in [1.165, 1.54) is 22.3 Å². The van der Waals surface area contributed by atoms with Crippen molar-refractivity contribution in [1.29, 1.82) is 0 Å². The molecule has 1 amide bonds. The van der Waals surface area contributed by atoms with Gasteiger partial charge in [-0.2, -0.15) is 0 Å². The maximum Gasteiger partial charge on any atom is 0.407 e. The SMILES string of the molecule is NC1(CNC(=O)OCC2c3ccccc3-c3ccccc32)CCC1. The number of nitrogens with one attached hydrogen (secondary N) is 1. The third-order valence-corrected chi connectivity index (χ3v) is 5.28. The fourth-order valence-corrected chi connectivity index (χ4v) is 3.71. The standard InChI is InChI=1S/C20H22N2O2/c21-20(10-5-11-20)13-22-19(23)24-12-18-16-8-3-1-6-14(16)15-7-2-4-9-17(15)18/h1-4,6-9,18H,5,10-13,21H2,(H,22,23). The van der Waals surface area contributed by atoms with E-state index < -0.39 is 0 Å². The maximum atomic E-state index is 12.0. The van der Waals surface area contributed by atoms with Crippen LogP contribution in [0.1, 0.15) is 36.3 Å². The lowest BCUT2D eigenvalue weighted by molar-refractivity contribution is 0.135. The number of amides is 1. The van der Waals surface area contributed by atoms with E-state index in [0.29, 0.717) is 13.2 Å². The van der Waals surface area contributed by atoms with E-state index >= 15 is 0 Å². The number of rotatable bonds is 4. The molecule has 2 aromatic carbocycles. The molecule has 1 saturated carbocycles. The van der Waals surface area contributed by atoms with Crippen molar-refractivity contribution in [3.05, 3.63) is 59.7 Å². The van der Waals surface area contributed by atoms with Crippen molar-refractivity contribution in [2.45, 2.75) is 30.7 Å². The van der Waals surface area contributed by atoms with Crippen LogP contribution in [-0.4, -0.2) is 24.8 Å². The van der Waals surface area contributed by atoms with Crippen LogP contribution in [0.2, 0.25) is 0 Å². The van der Waals surface area contributed by atoms with Crippen molar-refractivity contribution < 1.29 is 9.53 Å². The number of hydrogen-bond acceptors (Lipinski definition) is 3. The van der Waals surface area contributed by atoms with Crippen molar-refractivity contribution in [3.8, 4) is 11.1 Å². The van der Waals surface area contributed by atoms with E-state index in [0.717, 1.165) is 19.3 Å². The summed E-state index contributed by atoms with van der Waals surface area (Å²) in [7, 11) is 0. The molecule has 1 fully saturated rings. The molecule has 0 atom stereocenters. The van der Waals surface area contributed by atoms with Crippen LogP contribution < -0.4 is 11.1 Å². The Morgan fingerprint density at radius 1 is 1.08 bits per heavy atom. The molecule has 0 unspecified atom stereocenters. The molecule has 2 aliphatic rings. The van der Waals surface area contributed by atoms with Gasteiger partial charge in [0, 0.05) is 18.0 Å². The highest BCUT2D eigenvalue weighted by Crippen LogP contribution is 2.44. The topological polar surface area (TPSA) is 64.3 Å². The van der Waals surface area contributed by atoms with Crippen LogP contribution in [0.3, 0.4) is 0 Å². The second kappa shape index (κ2) is 5.95. The van der Waals surface area contributed by atoms with E-state index in [9.17, 15) is 4.79 Å². The molecule has 0 bridgehead atoms. The van der Waals surface area contributed by atoms with Crippen molar-refractivity contribution >= 4 is 6.09 Å². The summed E-state index contributed by atoms with van der Waals surface area (Å²) in [5.41, 5.74) is 10.8. The van der Waals surface area contributed by atoms with Crippen LogP contribution >= 0.6 is 0 Å². The first-order valence-electron chi connectivity index (χ1n) is 8.54. The van der Waals surface area contributed by atoms with Crippen molar-refractivity contribution in [2.24, 2.45) is 5.73 Å². The third-order valence-electron chi connectivity index (χ3n) is 5.28. The number of hydrogen-bond donors (Lipinski definition) is 2. The number of fused-ring (bicyclic) bond motifs is 3. The third kappa shape index (κ3) is 2.67. The molecular formula is C20H22N2O2. The van der Waals surface area contributed by atoms with Crippen molar-refractivity contribution in [1.82, 2.24) is 5.32 Å². The van der Waals surface area contributed by atoms with E-state index in [2.05, 4.69) is 29.6 Å². The molecule has 24 heavy (non-hydrogen) atoms. The fraction of sp³-hybridized carbons (Fsp3) is 0.350. The predicted molar refractivity (Wildman–Crippen MR) is 93.8 cm³/mol. The summed E-state index contributed by atoms with van der Waals surface area (Å²) in [5.74, 6) is 0.0960. The van der Waals surface area contributed by atoms with E-state index in [4.69, 9.17) is 10.5 Å². The van der Waals surface area contributed by atoms with Crippen LogP contribution in [-0.2, 0) is 4.74 Å². The molecule has 124 valence electrons. The molecule has 0 heterocycles. The van der Waals surface area contributed by atoms with Gasteiger partial charge in [0.05, 0.1) is 0 Å². The van der Waals surface area contributed by atoms with Crippen molar-refractivity contribution in [2.75, 3.05) is 13.2 Å². The Morgan fingerprint density at radius 3 is 2.21 bits per heavy atom. The molecule has 0 aromatic heterocycles. The highest BCUT2D eigenvalue weighted by molar-refractivity contribution is 5.79. The van der Waals surface area contributed by atoms with E-state index in [1.54, 1.807) is 0 Å². The Hall–Kier alpha value is -2.33. The minimum absolute atomic E-state index is 0.0960. The summed E-state index contributed by atoms with van der Waals surface area (Å²) < 4.78 is 5.50. The van der Waals surface area contributed by atoms with Gasteiger partial charge >= 0.3 is 6.09 Å². The van der Waals surface area contributed by atoms with Crippen LogP contribution in [0.5, 0.6) is 0 Å².